The van der Waals surface area contributed by atoms with Gasteiger partial charge in [-0.25, -0.2) is 4.57 Å². The fourth-order valence-corrected chi connectivity index (χ4v) is 5.05. The molecule has 8 heteroatoms. The van der Waals surface area contributed by atoms with Gasteiger partial charge in [-0.3, -0.25) is 9.32 Å². The number of carbonyl (C=O) groups is 1. The number of unbranched alkanes of at least 4 members (excludes halogenated alkanes) is 19. The quantitative estimate of drug-likeness (QED) is 0.0581. The third kappa shape index (κ3) is 26.9. The predicted octanol–water partition coefficient (Wildman–Crippen LogP) is 7.95. The van der Waals surface area contributed by atoms with E-state index >= 15 is 0 Å². The zero-order valence-corrected chi connectivity index (χ0v) is 25.0. The van der Waals surface area contributed by atoms with E-state index in [1.165, 1.54) is 96.3 Å². The first-order valence-electron chi connectivity index (χ1n) is 15.5. The Morgan fingerprint density at radius 2 is 1.05 bits per heavy atom. The summed E-state index contributed by atoms with van der Waals surface area (Å²) < 4.78 is 15.8. The lowest BCUT2D eigenvalue weighted by molar-refractivity contribution is -0.123. The Labute approximate surface area is 228 Å². The number of nitrogens with one attached hydrogen (secondary N) is 1. The maximum Gasteiger partial charge on any atom is 0.469 e. The summed E-state index contributed by atoms with van der Waals surface area (Å²) >= 11 is 0. The van der Waals surface area contributed by atoms with Gasteiger partial charge in [-0.15, -0.1) is 0 Å². The van der Waals surface area contributed by atoms with Crippen molar-refractivity contribution in [2.24, 2.45) is 0 Å². The number of hydrogen-bond acceptors (Lipinski definition) is 4. The first-order chi connectivity index (χ1) is 17.8. The molecule has 0 fully saturated rings. The van der Waals surface area contributed by atoms with E-state index in [9.17, 15) is 14.5 Å². The van der Waals surface area contributed by atoms with E-state index in [-0.39, 0.29) is 5.91 Å². The van der Waals surface area contributed by atoms with Crippen LogP contribution in [0.3, 0.4) is 0 Å². The van der Waals surface area contributed by atoms with E-state index in [4.69, 9.17) is 9.79 Å². The summed E-state index contributed by atoms with van der Waals surface area (Å²) in [6, 6.07) is -0.814. The molecule has 0 saturated heterocycles. The minimum atomic E-state index is -4.67. The summed E-state index contributed by atoms with van der Waals surface area (Å²) in [5, 5.41) is 13.3. The molecule has 222 valence electrons. The van der Waals surface area contributed by atoms with Crippen molar-refractivity contribution >= 4 is 13.7 Å². The summed E-state index contributed by atoms with van der Waals surface area (Å²) in [5.74, 6) is -0.198. The van der Waals surface area contributed by atoms with Gasteiger partial charge >= 0.3 is 7.82 Å². The van der Waals surface area contributed by atoms with Gasteiger partial charge < -0.3 is 20.2 Å². The summed E-state index contributed by atoms with van der Waals surface area (Å²) in [7, 11) is -4.67. The molecule has 0 saturated carbocycles. The molecule has 4 N–H and O–H groups in total. The van der Waals surface area contributed by atoms with Gasteiger partial charge in [0, 0.05) is 6.42 Å². The lowest BCUT2D eigenvalue weighted by atomic mass is 10.0. The van der Waals surface area contributed by atoms with Gasteiger partial charge in [0.15, 0.2) is 0 Å². The number of phosphoric ester groups is 1. The van der Waals surface area contributed by atoms with Gasteiger partial charge in [0.05, 0.1) is 18.8 Å². The molecule has 0 aromatic carbocycles. The predicted molar refractivity (Wildman–Crippen MR) is 153 cm³/mol. The van der Waals surface area contributed by atoms with Crippen LogP contribution in [0.5, 0.6) is 0 Å². The van der Waals surface area contributed by atoms with Gasteiger partial charge in [-0.05, 0) is 12.8 Å². The smallest absolute Gasteiger partial charge is 0.391 e. The third-order valence-corrected chi connectivity index (χ3v) is 7.58. The molecule has 0 spiro atoms. The Bertz CT molecular complexity index is 557. The van der Waals surface area contributed by atoms with Crippen LogP contribution in [0, 0.1) is 0 Å². The lowest BCUT2D eigenvalue weighted by Crippen LogP contribution is -2.46. The van der Waals surface area contributed by atoms with Gasteiger partial charge in [-0.1, -0.05) is 142 Å². The van der Waals surface area contributed by atoms with Crippen molar-refractivity contribution in [2.45, 2.75) is 174 Å². The van der Waals surface area contributed by atoms with Gasteiger partial charge in [-0.2, -0.15) is 0 Å². The van der Waals surface area contributed by atoms with Crippen molar-refractivity contribution in [3.63, 3.8) is 0 Å². The molecule has 37 heavy (non-hydrogen) atoms. The monoisotopic (exact) mass is 549 g/mol. The van der Waals surface area contributed by atoms with Crippen LogP contribution >= 0.6 is 7.82 Å². The topological polar surface area (TPSA) is 116 Å². The second kappa shape index (κ2) is 25.8. The van der Waals surface area contributed by atoms with Crippen LogP contribution < -0.4 is 5.32 Å². The van der Waals surface area contributed by atoms with Crippen molar-refractivity contribution in [1.82, 2.24) is 5.32 Å². The highest BCUT2D eigenvalue weighted by molar-refractivity contribution is 7.46. The largest absolute Gasteiger partial charge is 0.469 e. The van der Waals surface area contributed by atoms with Crippen LogP contribution in [0.2, 0.25) is 0 Å². The third-order valence-electron chi connectivity index (χ3n) is 7.09. The molecule has 0 aromatic rings. The molecule has 0 aromatic heterocycles. The molecule has 0 unspecified atom stereocenters. The molecule has 7 nitrogen and oxygen atoms in total. The second-order valence-corrected chi connectivity index (χ2v) is 12.0. The Hall–Kier alpha value is -0.460. The van der Waals surface area contributed by atoms with Crippen molar-refractivity contribution in [1.29, 1.82) is 0 Å². The van der Waals surface area contributed by atoms with E-state index in [0.29, 0.717) is 12.8 Å². The first kappa shape index (κ1) is 36.5. The molecule has 0 heterocycles. The van der Waals surface area contributed by atoms with E-state index in [0.717, 1.165) is 38.5 Å². The lowest BCUT2D eigenvalue weighted by Gasteiger charge is -2.24. The molecule has 0 radical (unpaired) electrons. The molecule has 0 aliphatic heterocycles. The van der Waals surface area contributed by atoms with Crippen LogP contribution in [-0.4, -0.2) is 39.6 Å². The summed E-state index contributed by atoms with van der Waals surface area (Å²) in [6.45, 7) is 4.06. The molecular weight excluding hydrogens is 489 g/mol. The average molecular weight is 550 g/mol. The normalized spacial score (nSPS) is 13.5. The number of phosphoric acid groups is 1. The van der Waals surface area contributed by atoms with Gasteiger partial charge in [0.1, 0.15) is 0 Å². The van der Waals surface area contributed by atoms with Gasteiger partial charge in [0.25, 0.3) is 0 Å². The average Bonchev–Trinajstić information content (AvgIpc) is 2.85. The molecule has 0 aliphatic carbocycles. The van der Waals surface area contributed by atoms with E-state index < -0.39 is 26.6 Å². The van der Waals surface area contributed by atoms with E-state index in [1.807, 2.05) is 0 Å². The Balaban J connectivity index is 4.07. The van der Waals surface area contributed by atoms with Crippen molar-refractivity contribution in [3.8, 4) is 0 Å². The maximum atomic E-state index is 12.4. The standard InChI is InChI=1S/C29H60NO6P/c1-3-5-7-9-11-13-14-15-17-18-20-22-24-28(31)27(26-36-37(33,34)35)30-29(32)25-23-21-19-16-12-10-8-6-4-2/h27-28,31H,3-26H2,1-2H3,(H,30,32)(H2,33,34,35)/t27-,28+/m0/s1. The van der Waals surface area contributed by atoms with Crippen molar-refractivity contribution in [3.05, 3.63) is 0 Å². The fourth-order valence-electron chi connectivity index (χ4n) is 4.70. The number of carbonyl (C=O) groups excluding carboxylic acids is 1. The number of aliphatic hydroxyl groups excluding tert-OH is 1. The minimum absolute atomic E-state index is 0.198. The number of rotatable bonds is 28. The number of amides is 1. The molecule has 2 atom stereocenters. The summed E-state index contributed by atoms with van der Waals surface area (Å²) in [6.07, 6.45) is 25.1. The molecule has 0 rings (SSSR count). The van der Waals surface area contributed by atoms with E-state index in [1.54, 1.807) is 0 Å². The van der Waals surface area contributed by atoms with E-state index in [2.05, 4.69) is 23.7 Å². The van der Waals surface area contributed by atoms with Crippen molar-refractivity contribution < 1.29 is 28.8 Å². The Morgan fingerprint density at radius 1 is 0.676 bits per heavy atom. The SMILES string of the molecule is CCCCCCCCCCCCCC[C@@H](O)[C@H](COP(=O)(O)O)NC(=O)CCCCCCCCCCC. The van der Waals surface area contributed by atoms with Crippen LogP contribution in [0.25, 0.3) is 0 Å². The summed E-state index contributed by atoms with van der Waals surface area (Å²) in [5.41, 5.74) is 0. The highest BCUT2D eigenvalue weighted by Gasteiger charge is 2.25. The summed E-state index contributed by atoms with van der Waals surface area (Å²) in [4.78, 5) is 30.5. The molecule has 1 amide bonds. The number of hydrogen-bond donors (Lipinski definition) is 4. The minimum Gasteiger partial charge on any atom is -0.391 e. The maximum absolute atomic E-state index is 12.4. The zero-order valence-electron chi connectivity index (χ0n) is 24.1. The Kier molecular flexibility index (Phi) is 25.5. The van der Waals surface area contributed by atoms with Crippen LogP contribution in [0.1, 0.15) is 162 Å². The highest BCUT2D eigenvalue weighted by atomic mass is 31.2. The van der Waals surface area contributed by atoms with Crippen LogP contribution in [0.4, 0.5) is 0 Å². The Morgan fingerprint density at radius 3 is 1.46 bits per heavy atom. The fraction of sp³-hybridized carbons (Fsp3) is 0.966. The molecule has 0 aliphatic rings. The number of aliphatic hydroxyl groups is 1. The van der Waals surface area contributed by atoms with Crippen molar-refractivity contribution in [2.75, 3.05) is 6.61 Å². The molecular formula is C29H60NO6P. The zero-order chi connectivity index (χ0) is 27.6. The van der Waals surface area contributed by atoms with Crippen LogP contribution in [0.15, 0.2) is 0 Å². The van der Waals surface area contributed by atoms with Gasteiger partial charge in [0.2, 0.25) is 5.91 Å². The highest BCUT2D eigenvalue weighted by Crippen LogP contribution is 2.36. The first-order valence-corrected chi connectivity index (χ1v) is 17.0. The van der Waals surface area contributed by atoms with Crippen LogP contribution in [-0.2, 0) is 13.9 Å². The second-order valence-electron chi connectivity index (χ2n) is 10.8. The molecule has 0 bridgehead atoms.